The Labute approximate surface area is 148 Å². The normalized spacial score (nSPS) is 12.2. The molecule has 2 aromatic rings. The fourth-order valence-electron chi connectivity index (χ4n) is 2.68. The van der Waals surface area contributed by atoms with Crippen LogP contribution in [0.3, 0.4) is 0 Å². The number of carbonyl (C=O) groups is 1. The lowest BCUT2D eigenvalue weighted by molar-refractivity contribution is 0.184. The molecule has 2 rings (SSSR count). The van der Waals surface area contributed by atoms with E-state index in [1.807, 2.05) is 37.1 Å². The number of carbonyl (C=O) groups excluding carboxylic acids is 1. The van der Waals surface area contributed by atoms with Gasteiger partial charge in [-0.25, -0.2) is 4.79 Å². The van der Waals surface area contributed by atoms with Crippen LogP contribution in [0.25, 0.3) is 0 Å². The van der Waals surface area contributed by atoms with Crippen LogP contribution in [0.2, 0.25) is 0 Å². The SMILES string of the molecule is COCCn1cnnc1C(C)NC(=O)N(C)Cc1c(C)nn(C)c1C. The van der Waals surface area contributed by atoms with Crippen LogP contribution in [0.1, 0.15) is 35.7 Å². The van der Waals surface area contributed by atoms with Crippen molar-refractivity contribution in [2.24, 2.45) is 7.05 Å². The third-order valence-electron chi connectivity index (χ3n) is 4.31. The number of aryl methyl sites for hydroxylation is 2. The number of nitrogens with zero attached hydrogens (tertiary/aromatic N) is 6. The number of methoxy groups -OCH3 is 1. The minimum Gasteiger partial charge on any atom is -0.383 e. The highest BCUT2D eigenvalue weighted by molar-refractivity contribution is 5.74. The maximum atomic E-state index is 12.5. The second-order valence-electron chi connectivity index (χ2n) is 6.18. The highest BCUT2D eigenvalue weighted by atomic mass is 16.5. The molecule has 0 spiro atoms. The molecule has 0 bridgehead atoms. The van der Waals surface area contributed by atoms with Crippen molar-refractivity contribution in [3.8, 4) is 0 Å². The number of ether oxygens (including phenoxy) is 1. The zero-order valence-electron chi connectivity index (χ0n) is 15.8. The van der Waals surface area contributed by atoms with E-state index < -0.39 is 0 Å². The van der Waals surface area contributed by atoms with E-state index in [-0.39, 0.29) is 12.1 Å². The molecular weight excluding hydrogens is 322 g/mol. The second kappa shape index (κ2) is 8.11. The molecule has 1 unspecified atom stereocenters. The number of amides is 2. The molecule has 1 N–H and O–H groups in total. The van der Waals surface area contributed by atoms with Gasteiger partial charge in [0.2, 0.25) is 0 Å². The van der Waals surface area contributed by atoms with Gasteiger partial charge in [0.05, 0.1) is 24.9 Å². The molecule has 0 aliphatic carbocycles. The number of nitrogens with one attached hydrogen (secondary N) is 1. The Morgan fingerprint density at radius 3 is 2.76 bits per heavy atom. The molecule has 0 radical (unpaired) electrons. The topological polar surface area (TPSA) is 90.1 Å². The third kappa shape index (κ3) is 4.36. The Balaban J connectivity index is 2.00. The number of hydrogen-bond donors (Lipinski definition) is 1. The zero-order chi connectivity index (χ0) is 18.6. The van der Waals surface area contributed by atoms with E-state index in [1.165, 1.54) is 0 Å². The van der Waals surface area contributed by atoms with Crippen molar-refractivity contribution in [1.29, 1.82) is 0 Å². The van der Waals surface area contributed by atoms with Crippen molar-refractivity contribution >= 4 is 6.03 Å². The largest absolute Gasteiger partial charge is 0.383 e. The molecule has 2 aromatic heterocycles. The lowest BCUT2D eigenvalue weighted by atomic mass is 10.2. The summed E-state index contributed by atoms with van der Waals surface area (Å²) in [6.07, 6.45) is 1.64. The van der Waals surface area contributed by atoms with E-state index in [1.54, 1.807) is 25.4 Å². The summed E-state index contributed by atoms with van der Waals surface area (Å²) in [6.45, 7) is 7.55. The number of urea groups is 1. The summed E-state index contributed by atoms with van der Waals surface area (Å²) in [5.41, 5.74) is 3.06. The van der Waals surface area contributed by atoms with Gasteiger partial charge in [-0.15, -0.1) is 10.2 Å². The summed E-state index contributed by atoms with van der Waals surface area (Å²) in [4.78, 5) is 14.2. The molecular formula is C16H27N7O2. The van der Waals surface area contributed by atoms with Crippen LogP contribution in [0.4, 0.5) is 4.79 Å². The van der Waals surface area contributed by atoms with Crippen molar-refractivity contribution in [3.05, 3.63) is 29.1 Å². The van der Waals surface area contributed by atoms with E-state index in [4.69, 9.17) is 4.74 Å². The predicted octanol–water partition coefficient (Wildman–Crippen LogP) is 1.18. The van der Waals surface area contributed by atoms with Crippen LogP contribution in [-0.2, 0) is 24.9 Å². The first-order chi connectivity index (χ1) is 11.8. The number of aromatic nitrogens is 5. The summed E-state index contributed by atoms with van der Waals surface area (Å²) in [5.74, 6) is 0.701. The number of hydrogen-bond acceptors (Lipinski definition) is 5. The van der Waals surface area contributed by atoms with Crippen molar-refractivity contribution in [2.45, 2.75) is 39.9 Å². The minimum absolute atomic E-state index is 0.170. The Morgan fingerprint density at radius 2 is 2.16 bits per heavy atom. The standard InChI is InChI=1S/C16H27N7O2/c1-11-14(13(3)22(5)20-11)9-21(4)16(24)18-12(2)15-19-17-10-23(15)7-8-25-6/h10,12H,7-9H2,1-6H3,(H,18,24). The van der Waals surface area contributed by atoms with Gasteiger partial charge in [0, 0.05) is 39.0 Å². The molecule has 0 aromatic carbocycles. The smallest absolute Gasteiger partial charge is 0.318 e. The molecule has 1 atom stereocenters. The van der Waals surface area contributed by atoms with Crippen molar-refractivity contribution in [1.82, 2.24) is 34.8 Å². The first-order valence-electron chi connectivity index (χ1n) is 8.22. The van der Waals surface area contributed by atoms with Crippen molar-refractivity contribution < 1.29 is 9.53 Å². The molecule has 0 aliphatic heterocycles. The Bertz CT molecular complexity index is 722. The molecule has 2 heterocycles. The summed E-state index contributed by atoms with van der Waals surface area (Å²) in [7, 11) is 5.32. The summed E-state index contributed by atoms with van der Waals surface area (Å²) in [6, 6.07) is -0.429. The highest BCUT2D eigenvalue weighted by Gasteiger charge is 2.20. The zero-order valence-corrected chi connectivity index (χ0v) is 15.8. The van der Waals surface area contributed by atoms with E-state index in [2.05, 4.69) is 20.6 Å². The fourth-order valence-corrected chi connectivity index (χ4v) is 2.68. The molecule has 9 nitrogen and oxygen atoms in total. The number of rotatable bonds is 7. The Hall–Kier alpha value is -2.42. The van der Waals surface area contributed by atoms with Crippen LogP contribution in [0.5, 0.6) is 0 Å². The molecule has 9 heteroatoms. The summed E-state index contributed by atoms with van der Waals surface area (Å²) >= 11 is 0. The first kappa shape index (κ1) is 18.9. The van der Waals surface area contributed by atoms with Crippen LogP contribution in [0.15, 0.2) is 6.33 Å². The van der Waals surface area contributed by atoms with Gasteiger partial charge >= 0.3 is 6.03 Å². The average molecular weight is 349 g/mol. The Morgan fingerprint density at radius 1 is 1.44 bits per heavy atom. The first-order valence-corrected chi connectivity index (χ1v) is 8.22. The van der Waals surface area contributed by atoms with Crippen LogP contribution >= 0.6 is 0 Å². The Kier molecular flexibility index (Phi) is 6.13. The molecule has 0 fully saturated rings. The highest BCUT2D eigenvalue weighted by Crippen LogP contribution is 2.15. The molecule has 138 valence electrons. The van der Waals surface area contributed by atoms with Gasteiger partial charge in [0.15, 0.2) is 5.82 Å². The van der Waals surface area contributed by atoms with Crippen molar-refractivity contribution in [3.63, 3.8) is 0 Å². The maximum absolute atomic E-state index is 12.5. The molecule has 0 aliphatic rings. The van der Waals surface area contributed by atoms with Gasteiger partial charge in [-0.1, -0.05) is 0 Å². The summed E-state index contributed by atoms with van der Waals surface area (Å²) < 4.78 is 8.79. The van der Waals surface area contributed by atoms with Crippen LogP contribution in [-0.4, -0.2) is 56.2 Å². The fraction of sp³-hybridized carbons (Fsp3) is 0.625. The quantitative estimate of drug-likeness (QED) is 0.810. The van der Waals surface area contributed by atoms with Gasteiger partial charge in [-0.2, -0.15) is 5.10 Å². The van der Waals surface area contributed by atoms with Gasteiger partial charge in [-0.3, -0.25) is 4.68 Å². The molecule has 0 saturated heterocycles. The average Bonchev–Trinajstić information content (AvgIpc) is 3.13. The third-order valence-corrected chi connectivity index (χ3v) is 4.31. The van der Waals surface area contributed by atoms with Crippen LogP contribution < -0.4 is 5.32 Å². The summed E-state index contributed by atoms with van der Waals surface area (Å²) in [5, 5.41) is 15.4. The monoisotopic (exact) mass is 349 g/mol. The lowest BCUT2D eigenvalue weighted by Gasteiger charge is -2.21. The molecule has 2 amide bonds. The maximum Gasteiger partial charge on any atom is 0.318 e. The van der Waals surface area contributed by atoms with Crippen molar-refractivity contribution in [2.75, 3.05) is 20.8 Å². The van der Waals surface area contributed by atoms with Gasteiger partial charge in [0.1, 0.15) is 6.33 Å². The van der Waals surface area contributed by atoms with E-state index in [0.717, 1.165) is 17.0 Å². The minimum atomic E-state index is -0.259. The van der Waals surface area contributed by atoms with E-state index >= 15 is 0 Å². The second-order valence-corrected chi connectivity index (χ2v) is 6.18. The van der Waals surface area contributed by atoms with Crippen LogP contribution in [0, 0.1) is 13.8 Å². The van der Waals surface area contributed by atoms with E-state index in [9.17, 15) is 4.79 Å². The van der Waals surface area contributed by atoms with Gasteiger partial charge < -0.3 is 19.5 Å². The lowest BCUT2D eigenvalue weighted by Crippen LogP contribution is -2.39. The molecule has 25 heavy (non-hydrogen) atoms. The van der Waals surface area contributed by atoms with Gasteiger partial charge in [-0.05, 0) is 20.8 Å². The van der Waals surface area contributed by atoms with E-state index in [0.29, 0.717) is 25.5 Å². The van der Waals surface area contributed by atoms with Gasteiger partial charge in [0.25, 0.3) is 0 Å². The molecule has 0 saturated carbocycles. The predicted molar refractivity (Wildman–Crippen MR) is 93.0 cm³/mol.